The van der Waals surface area contributed by atoms with Crippen LogP contribution in [-0.2, 0) is 4.79 Å². The van der Waals surface area contributed by atoms with Crippen LogP contribution in [0.4, 0.5) is 0 Å². The van der Waals surface area contributed by atoms with Gasteiger partial charge in [-0.05, 0) is 7.05 Å². The van der Waals surface area contributed by atoms with Crippen LogP contribution in [0.5, 0.6) is 0 Å². The smallest absolute Gasteiger partial charge is 0.237 e. The molecule has 1 rings (SSSR count). The van der Waals surface area contributed by atoms with Crippen molar-refractivity contribution < 1.29 is 4.79 Å². The van der Waals surface area contributed by atoms with Crippen LogP contribution in [0.25, 0.3) is 0 Å². The van der Waals surface area contributed by atoms with Gasteiger partial charge in [-0.1, -0.05) is 12.2 Å². The average molecular weight is 266 g/mol. The summed E-state index contributed by atoms with van der Waals surface area (Å²) < 4.78 is 0. The Bertz CT molecular complexity index is 309. The van der Waals surface area contributed by atoms with E-state index in [0.29, 0.717) is 26.2 Å². The molecule has 1 fully saturated rings. The van der Waals surface area contributed by atoms with Crippen LogP contribution in [0, 0.1) is 0 Å². The Kier molecular flexibility index (Phi) is 6.77. The van der Waals surface area contributed by atoms with Gasteiger partial charge in [0.2, 0.25) is 5.91 Å². The van der Waals surface area contributed by atoms with Crippen LogP contribution in [0.2, 0.25) is 0 Å². The first-order valence-corrected chi connectivity index (χ1v) is 6.74. The van der Waals surface area contributed by atoms with Gasteiger partial charge in [0.1, 0.15) is 0 Å². The Morgan fingerprint density at radius 3 is 2.53 bits per heavy atom. The number of hydrogen-bond acceptors (Lipinski definition) is 4. The molecular formula is C14H26N4O. The molecule has 5 nitrogen and oxygen atoms in total. The van der Waals surface area contributed by atoms with Gasteiger partial charge >= 0.3 is 0 Å². The Labute approximate surface area is 116 Å². The summed E-state index contributed by atoms with van der Waals surface area (Å²) in [6.45, 7) is 12.3. The van der Waals surface area contributed by atoms with E-state index in [4.69, 9.17) is 5.73 Å². The van der Waals surface area contributed by atoms with E-state index in [1.165, 1.54) is 0 Å². The third-order valence-corrected chi connectivity index (χ3v) is 3.47. The summed E-state index contributed by atoms with van der Waals surface area (Å²) in [4.78, 5) is 18.5. The van der Waals surface area contributed by atoms with Crippen LogP contribution in [0.15, 0.2) is 25.3 Å². The largest absolute Gasteiger partial charge is 0.334 e. The van der Waals surface area contributed by atoms with Crippen LogP contribution < -0.4 is 5.73 Å². The second-order valence-corrected chi connectivity index (χ2v) is 5.00. The van der Waals surface area contributed by atoms with Gasteiger partial charge in [-0.25, -0.2) is 0 Å². The Balaban J connectivity index is 2.57. The third-order valence-electron chi connectivity index (χ3n) is 3.47. The molecule has 0 saturated carbocycles. The number of hydrogen-bond donors (Lipinski definition) is 1. The van der Waals surface area contributed by atoms with E-state index in [2.05, 4.69) is 30.0 Å². The Morgan fingerprint density at radius 1 is 1.37 bits per heavy atom. The summed E-state index contributed by atoms with van der Waals surface area (Å²) >= 11 is 0. The maximum atomic E-state index is 12.3. The summed E-state index contributed by atoms with van der Waals surface area (Å²) in [5, 5.41) is 0. The molecule has 0 aromatic rings. The summed E-state index contributed by atoms with van der Waals surface area (Å²) in [7, 11) is 2.09. The third kappa shape index (κ3) is 4.78. The standard InChI is InChI=1S/C14H26N4O/c1-4-6-17(7-5-2)14(19)12-18-9-8-16(3)11-13(18)10-15/h4-5,13H,1-2,6-12,15H2,3H3. The van der Waals surface area contributed by atoms with E-state index in [1.807, 2.05) is 0 Å². The monoisotopic (exact) mass is 266 g/mol. The second-order valence-electron chi connectivity index (χ2n) is 5.00. The zero-order valence-corrected chi connectivity index (χ0v) is 11.9. The van der Waals surface area contributed by atoms with E-state index < -0.39 is 0 Å². The molecule has 0 bridgehead atoms. The van der Waals surface area contributed by atoms with Gasteiger partial charge in [-0.3, -0.25) is 9.69 Å². The van der Waals surface area contributed by atoms with Crippen molar-refractivity contribution in [3.05, 3.63) is 25.3 Å². The van der Waals surface area contributed by atoms with Crippen molar-refractivity contribution in [3.63, 3.8) is 0 Å². The molecule has 0 aliphatic carbocycles. The first-order valence-electron chi connectivity index (χ1n) is 6.74. The molecule has 1 unspecified atom stereocenters. The fraction of sp³-hybridized carbons (Fsp3) is 0.643. The first-order chi connectivity index (χ1) is 9.12. The lowest BCUT2D eigenvalue weighted by molar-refractivity contribution is -0.132. The molecule has 0 aromatic carbocycles. The highest BCUT2D eigenvalue weighted by atomic mass is 16.2. The highest BCUT2D eigenvalue weighted by molar-refractivity contribution is 5.78. The SMILES string of the molecule is C=CCN(CC=C)C(=O)CN1CCN(C)CC1CN. The normalized spacial score (nSPS) is 21.1. The number of rotatable bonds is 7. The predicted molar refractivity (Wildman–Crippen MR) is 78.9 cm³/mol. The average Bonchev–Trinajstić information content (AvgIpc) is 2.40. The molecule has 1 aliphatic heterocycles. The fourth-order valence-electron chi connectivity index (χ4n) is 2.34. The lowest BCUT2D eigenvalue weighted by Crippen LogP contribution is -2.57. The summed E-state index contributed by atoms with van der Waals surface area (Å²) in [6, 6.07) is 0.261. The zero-order chi connectivity index (χ0) is 14.3. The van der Waals surface area contributed by atoms with Gasteiger partial charge in [0, 0.05) is 45.3 Å². The molecule has 5 heteroatoms. The molecular weight excluding hydrogens is 240 g/mol. The molecule has 0 aromatic heterocycles. The molecule has 2 N–H and O–H groups in total. The van der Waals surface area contributed by atoms with Crippen molar-refractivity contribution in [1.82, 2.24) is 14.7 Å². The number of carbonyl (C=O) groups excluding carboxylic acids is 1. The molecule has 1 heterocycles. The zero-order valence-electron chi connectivity index (χ0n) is 11.9. The van der Waals surface area contributed by atoms with E-state index in [1.54, 1.807) is 17.1 Å². The number of nitrogens with zero attached hydrogens (tertiary/aromatic N) is 3. The van der Waals surface area contributed by atoms with Gasteiger partial charge in [0.25, 0.3) is 0 Å². The lowest BCUT2D eigenvalue weighted by atomic mass is 10.1. The second kappa shape index (κ2) is 8.09. The number of nitrogens with two attached hydrogens (primary N) is 1. The number of likely N-dealkylation sites (N-methyl/N-ethyl adjacent to an activating group) is 1. The van der Waals surface area contributed by atoms with Crippen LogP contribution in [-0.4, -0.2) is 79.5 Å². The fourth-order valence-corrected chi connectivity index (χ4v) is 2.34. The van der Waals surface area contributed by atoms with E-state index in [0.717, 1.165) is 19.6 Å². The molecule has 1 atom stereocenters. The Hall–Kier alpha value is -1.17. The minimum Gasteiger partial charge on any atom is -0.334 e. The van der Waals surface area contributed by atoms with E-state index in [-0.39, 0.29) is 11.9 Å². The van der Waals surface area contributed by atoms with Gasteiger partial charge in [0.05, 0.1) is 6.54 Å². The number of piperazine rings is 1. The van der Waals surface area contributed by atoms with Crippen molar-refractivity contribution in [2.45, 2.75) is 6.04 Å². The van der Waals surface area contributed by atoms with Gasteiger partial charge in [-0.15, -0.1) is 13.2 Å². The highest BCUT2D eigenvalue weighted by Crippen LogP contribution is 2.08. The van der Waals surface area contributed by atoms with Crippen LogP contribution in [0.3, 0.4) is 0 Å². The quantitative estimate of drug-likeness (QED) is 0.646. The number of amides is 1. The van der Waals surface area contributed by atoms with Gasteiger partial charge in [0.15, 0.2) is 0 Å². The number of carbonyl (C=O) groups is 1. The molecule has 1 aliphatic rings. The van der Waals surface area contributed by atoms with E-state index in [9.17, 15) is 4.79 Å². The van der Waals surface area contributed by atoms with Crippen LogP contribution >= 0.6 is 0 Å². The molecule has 1 amide bonds. The topological polar surface area (TPSA) is 52.8 Å². The van der Waals surface area contributed by atoms with Gasteiger partial charge < -0.3 is 15.5 Å². The molecule has 0 radical (unpaired) electrons. The van der Waals surface area contributed by atoms with Crippen molar-refractivity contribution in [2.24, 2.45) is 5.73 Å². The summed E-state index contributed by atoms with van der Waals surface area (Å²) in [5.74, 6) is 0.114. The van der Waals surface area contributed by atoms with E-state index >= 15 is 0 Å². The molecule has 108 valence electrons. The molecule has 19 heavy (non-hydrogen) atoms. The molecule has 1 saturated heterocycles. The van der Waals surface area contributed by atoms with Crippen molar-refractivity contribution in [3.8, 4) is 0 Å². The lowest BCUT2D eigenvalue weighted by Gasteiger charge is -2.39. The van der Waals surface area contributed by atoms with Gasteiger partial charge in [-0.2, -0.15) is 0 Å². The maximum Gasteiger partial charge on any atom is 0.237 e. The Morgan fingerprint density at radius 2 is 2.00 bits per heavy atom. The minimum absolute atomic E-state index is 0.114. The highest BCUT2D eigenvalue weighted by Gasteiger charge is 2.26. The minimum atomic E-state index is 0.114. The predicted octanol–water partition coefficient (Wildman–Crippen LogP) is -0.238. The van der Waals surface area contributed by atoms with Crippen molar-refractivity contribution in [1.29, 1.82) is 0 Å². The van der Waals surface area contributed by atoms with Crippen molar-refractivity contribution >= 4 is 5.91 Å². The summed E-state index contributed by atoms with van der Waals surface area (Å²) in [5.41, 5.74) is 5.80. The summed E-state index contributed by atoms with van der Waals surface area (Å²) in [6.07, 6.45) is 3.48. The van der Waals surface area contributed by atoms with Crippen molar-refractivity contribution in [2.75, 3.05) is 52.9 Å². The molecule has 0 spiro atoms. The maximum absolute atomic E-state index is 12.3. The van der Waals surface area contributed by atoms with Crippen LogP contribution in [0.1, 0.15) is 0 Å². The first kappa shape index (κ1) is 15.9.